The second-order valence-electron chi connectivity index (χ2n) is 4.46. The van der Waals surface area contributed by atoms with Crippen LogP contribution in [-0.2, 0) is 9.59 Å². The Balaban J connectivity index is 2.45. The maximum Gasteiger partial charge on any atom is 0.250 e. The van der Waals surface area contributed by atoms with Crippen LogP contribution in [0, 0.1) is 0 Å². The first-order chi connectivity index (χ1) is 8.95. The lowest BCUT2D eigenvalue weighted by atomic mass is 10.0. The standard InChI is InChI=1S/C13H14BrClN2O2/c1-3-11-12(18)16-7(2)13(19)17(11)8-4-5-9(14)10(15)6-8/h4-7,11H,3H2,1-2H3,(H,16,18). The molecule has 1 aromatic carbocycles. The topological polar surface area (TPSA) is 49.4 Å². The minimum atomic E-state index is -0.516. The van der Waals surface area contributed by atoms with Gasteiger partial charge in [-0.3, -0.25) is 14.5 Å². The summed E-state index contributed by atoms with van der Waals surface area (Å²) in [4.78, 5) is 25.8. The molecule has 1 fully saturated rings. The van der Waals surface area contributed by atoms with Gasteiger partial charge in [0.15, 0.2) is 0 Å². The summed E-state index contributed by atoms with van der Waals surface area (Å²) >= 11 is 9.37. The van der Waals surface area contributed by atoms with E-state index in [4.69, 9.17) is 11.6 Å². The SMILES string of the molecule is CCC1C(=O)NC(C)C(=O)N1c1ccc(Br)c(Cl)c1. The Labute approximate surface area is 125 Å². The van der Waals surface area contributed by atoms with Crippen molar-refractivity contribution < 1.29 is 9.59 Å². The minimum absolute atomic E-state index is 0.121. The molecule has 1 aliphatic rings. The zero-order valence-corrected chi connectivity index (χ0v) is 13.0. The van der Waals surface area contributed by atoms with Gasteiger partial charge < -0.3 is 5.32 Å². The van der Waals surface area contributed by atoms with Crippen molar-refractivity contribution in [2.75, 3.05) is 4.90 Å². The summed E-state index contributed by atoms with van der Waals surface area (Å²) in [6.45, 7) is 3.56. The molecule has 1 aromatic rings. The molecule has 2 atom stereocenters. The lowest BCUT2D eigenvalue weighted by Crippen LogP contribution is -2.62. The molecule has 2 amide bonds. The fraction of sp³-hybridized carbons (Fsp3) is 0.385. The highest BCUT2D eigenvalue weighted by molar-refractivity contribution is 9.10. The van der Waals surface area contributed by atoms with E-state index in [1.165, 1.54) is 4.90 Å². The monoisotopic (exact) mass is 344 g/mol. The summed E-state index contributed by atoms with van der Waals surface area (Å²) in [5, 5.41) is 3.20. The first-order valence-corrected chi connectivity index (χ1v) is 7.21. The van der Waals surface area contributed by atoms with Crippen molar-refractivity contribution in [1.82, 2.24) is 5.32 Å². The van der Waals surface area contributed by atoms with Gasteiger partial charge >= 0.3 is 0 Å². The van der Waals surface area contributed by atoms with E-state index in [1.54, 1.807) is 25.1 Å². The third-order valence-corrected chi connectivity index (χ3v) is 4.38. The van der Waals surface area contributed by atoms with Crippen molar-refractivity contribution in [3.8, 4) is 0 Å². The zero-order valence-electron chi connectivity index (χ0n) is 10.6. The number of carbonyl (C=O) groups excluding carboxylic acids is 2. The Hall–Kier alpha value is -1.07. The predicted molar refractivity (Wildman–Crippen MR) is 78.3 cm³/mol. The van der Waals surface area contributed by atoms with E-state index in [0.29, 0.717) is 17.1 Å². The largest absolute Gasteiger partial charge is 0.343 e. The van der Waals surface area contributed by atoms with Crippen molar-refractivity contribution in [3.05, 3.63) is 27.7 Å². The zero-order chi connectivity index (χ0) is 14.2. The quantitative estimate of drug-likeness (QED) is 0.896. The van der Waals surface area contributed by atoms with Crippen LogP contribution in [0.3, 0.4) is 0 Å². The molecule has 1 N–H and O–H groups in total. The molecular weight excluding hydrogens is 332 g/mol. The van der Waals surface area contributed by atoms with Crippen molar-refractivity contribution in [1.29, 1.82) is 0 Å². The molecule has 1 heterocycles. The summed E-state index contributed by atoms with van der Waals surface area (Å²) in [5.74, 6) is -0.251. The molecule has 1 aliphatic heterocycles. The third-order valence-electron chi connectivity index (χ3n) is 3.15. The van der Waals surface area contributed by atoms with Crippen LogP contribution < -0.4 is 10.2 Å². The van der Waals surface area contributed by atoms with Gasteiger partial charge in [0.05, 0.1) is 5.02 Å². The van der Waals surface area contributed by atoms with E-state index in [-0.39, 0.29) is 11.8 Å². The van der Waals surface area contributed by atoms with Crippen LogP contribution in [0.25, 0.3) is 0 Å². The van der Waals surface area contributed by atoms with Gasteiger partial charge in [-0.25, -0.2) is 0 Å². The number of benzene rings is 1. The van der Waals surface area contributed by atoms with Crippen LogP contribution in [-0.4, -0.2) is 23.9 Å². The van der Waals surface area contributed by atoms with E-state index in [0.717, 1.165) is 4.47 Å². The van der Waals surface area contributed by atoms with Gasteiger partial charge in [-0.05, 0) is 47.5 Å². The molecular formula is C13H14BrClN2O2. The normalized spacial score (nSPS) is 23.5. The van der Waals surface area contributed by atoms with Crippen LogP contribution in [0.5, 0.6) is 0 Å². The van der Waals surface area contributed by atoms with Crippen LogP contribution in [0.2, 0.25) is 5.02 Å². The van der Waals surface area contributed by atoms with Gasteiger partial charge in [-0.1, -0.05) is 18.5 Å². The molecule has 0 aliphatic carbocycles. The number of piperazine rings is 1. The molecule has 0 saturated carbocycles. The molecule has 0 bridgehead atoms. The molecule has 6 heteroatoms. The molecule has 0 spiro atoms. The fourth-order valence-electron chi connectivity index (χ4n) is 2.16. The van der Waals surface area contributed by atoms with E-state index >= 15 is 0 Å². The number of hydrogen-bond donors (Lipinski definition) is 1. The molecule has 4 nitrogen and oxygen atoms in total. The highest BCUT2D eigenvalue weighted by Crippen LogP contribution is 2.30. The van der Waals surface area contributed by atoms with Crippen molar-refractivity contribution >= 4 is 45.0 Å². The number of carbonyl (C=O) groups is 2. The predicted octanol–water partition coefficient (Wildman–Crippen LogP) is 2.73. The summed E-state index contributed by atoms with van der Waals surface area (Å²) in [7, 11) is 0. The lowest BCUT2D eigenvalue weighted by molar-refractivity contribution is -0.133. The molecule has 0 aromatic heterocycles. The number of nitrogens with zero attached hydrogens (tertiary/aromatic N) is 1. The Morgan fingerprint density at radius 3 is 2.68 bits per heavy atom. The van der Waals surface area contributed by atoms with Gasteiger partial charge in [-0.15, -0.1) is 0 Å². The van der Waals surface area contributed by atoms with Gasteiger partial charge in [-0.2, -0.15) is 0 Å². The Morgan fingerprint density at radius 2 is 2.11 bits per heavy atom. The average Bonchev–Trinajstić information content (AvgIpc) is 2.37. The molecule has 1 saturated heterocycles. The number of amides is 2. The highest BCUT2D eigenvalue weighted by atomic mass is 79.9. The summed E-state index contributed by atoms with van der Waals surface area (Å²) < 4.78 is 0.757. The minimum Gasteiger partial charge on any atom is -0.343 e. The summed E-state index contributed by atoms with van der Waals surface area (Å²) in [6, 6.07) is 4.24. The van der Waals surface area contributed by atoms with Crippen molar-refractivity contribution in [3.63, 3.8) is 0 Å². The first-order valence-electron chi connectivity index (χ1n) is 6.04. The second-order valence-corrected chi connectivity index (χ2v) is 5.72. The van der Waals surface area contributed by atoms with Crippen molar-refractivity contribution in [2.24, 2.45) is 0 Å². The second kappa shape index (κ2) is 5.51. The van der Waals surface area contributed by atoms with Gasteiger partial charge in [0.1, 0.15) is 12.1 Å². The Bertz CT molecular complexity index is 535. The molecule has 102 valence electrons. The van der Waals surface area contributed by atoms with Gasteiger partial charge in [0, 0.05) is 10.2 Å². The number of halogens is 2. The lowest BCUT2D eigenvalue weighted by Gasteiger charge is -2.37. The number of nitrogens with one attached hydrogen (secondary N) is 1. The van der Waals surface area contributed by atoms with Crippen LogP contribution in [0.15, 0.2) is 22.7 Å². The fourth-order valence-corrected chi connectivity index (χ4v) is 2.58. The Kier molecular flexibility index (Phi) is 4.16. The number of anilines is 1. The van der Waals surface area contributed by atoms with Crippen LogP contribution in [0.1, 0.15) is 20.3 Å². The Morgan fingerprint density at radius 1 is 1.42 bits per heavy atom. The number of hydrogen-bond acceptors (Lipinski definition) is 2. The molecule has 0 radical (unpaired) electrons. The molecule has 19 heavy (non-hydrogen) atoms. The molecule has 2 rings (SSSR count). The first kappa shape index (κ1) is 14.3. The highest BCUT2D eigenvalue weighted by Gasteiger charge is 2.38. The van der Waals surface area contributed by atoms with Gasteiger partial charge in [0.2, 0.25) is 11.8 Å². The van der Waals surface area contributed by atoms with Crippen molar-refractivity contribution in [2.45, 2.75) is 32.4 Å². The smallest absolute Gasteiger partial charge is 0.250 e. The maximum atomic E-state index is 12.3. The maximum absolute atomic E-state index is 12.3. The number of rotatable bonds is 2. The van der Waals surface area contributed by atoms with E-state index in [9.17, 15) is 9.59 Å². The van der Waals surface area contributed by atoms with E-state index < -0.39 is 12.1 Å². The van der Waals surface area contributed by atoms with E-state index in [1.807, 2.05) is 6.92 Å². The van der Waals surface area contributed by atoms with Gasteiger partial charge in [0.25, 0.3) is 0 Å². The van der Waals surface area contributed by atoms with Crippen LogP contribution >= 0.6 is 27.5 Å². The summed E-state index contributed by atoms with van der Waals surface area (Å²) in [5.41, 5.74) is 0.645. The summed E-state index contributed by atoms with van der Waals surface area (Å²) in [6.07, 6.45) is 0.554. The van der Waals surface area contributed by atoms with Crippen LogP contribution in [0.4, 0.5) is 5.69 Å². The third kappa shape index (κ3) is 2.62. The van der Waals surface area contributed by atoms with E-state index in [2.05, 4.69) is 21.2 Å². The average molecular weight is 346 g/mol. The molecule has 2 unspecified atom stereocenters.